The summed E-state index contributed by atoms with van der Waals surface area (Å²) in [5.74, 6) is 0.644. The first-order valence-corrected chi connectivity index (χ1v) is 9.70. The second-order valence-electron chi connectivity index (χ2n) is 7.52. The third-order valence-corrected chi connectivity index (χ3v) is 5.55. The minimum atomic E-state index is -0.579. The zero-order chi connectivity index (χ0) is 20.4. The predicted molar refractivity (Wildman–Crippen MR) is 112 cm³/mol. The van der Waals surface area contributed by atoms with Crippen molar-refractivity contribution < 1.29 is 14.6 Å². The maximum atomic E-state index is 12.8. The summed E-state index contributed by atoms with van der Waals surface area (Å²) in [7, 11) is 3.59. The van der Waals surface area contributed by atoms with Crippen molar-refractivity contribution in [2.45, 2.75) is 18.7 Å². The molecule has 0 aliphatic carbocycles. The fourth-order valence-electron chi connectivity index (χ4n) is 3.91. The molecule has 6 nitrogen and oxygen atoms in total. The number of likely N-dealkylation sites (N-methyl/N-ethyl adjacent to an activating group) is 1. The monoisotopic (exact) mass is 391 g/mol. The van der Waals surface area contributed by atoms with Gasteiger partial charge in [0.05, 0.1) is 24.8 Å². The minimum absolute atomic E-state index is 0.0700. The van der Waals surface area contributed by atoms with Gasteiger partial charge in [0, 0.05) is 36.8 Å². The maximum absolute atomic E-state index is 12.8. The van der Waals surface area contributed by atoms with E-state index < -0.39 is 6.10 Å². The molecule has 1 aromatic heterocycles. The van der Waals surface area contributed by atoms with Crippen LogP contribution in [0.5, 0.6) is 5.75 Å². The molecular formula is C23H25N3O3. The van der Waals surface area contributed by atoms with Crippen molar-refractivity contribution in [2.24, 2.45) is 0 Å². The average Bonchev–Trinajstić information content (AvgIpc) is 3.15. The van der Waals surface area contributed by atoms with Crippen molar-refractivity contribution in [1.29, 1.82) is 0 Å². The van der Waals surface area contributed by atoms with Gasteiger partial charge in [-0.2, -0.15) is 0 Å². The Morgan fingerprint density at radius 2 is 2.00 bits per heavy atom. The molecule has 1 aliphatic rings. The van der Waals surface area contributed by atoms with Crippen molar-refractivity contribution >= 4 is 16.8 Å². The van der Waals surface area contributed by atoms with E-state index >= 15 is 0 Å². The molecule has 2 atom stereocenters. The van der Waals surface area contributed by atoms with Crippen LogP contribution >= 0.6 is 0 Å². The van der Waals surface area contributed by atoms with Gasteiger partial charge in [-0.1, -0.05) is 12.1 Å². The lowest BCUT2D eigenvalue weighted by atomic mass is 10.1. The van der Waals surface area contributed by atoms with Gasteiger partial charge in [-0.15, -0.1) is 0 Å². The summed E-state index contributed by atoms with van der Waals surface area (Å²) >= 11 is 0. The van der Waals surface area contributed by atoms with Crippen LogP contribution < -0.4 is 4.74 Å². The molecule has 0 spiro atoms. The highest BCUT2D eigenvalue weighted by molar-refractivity contribution is 5.94. The van der Waals surface area contributed by atoms with Gasteiger partial charge in [-0.3, -0.25) is 14.7 Å². The molecule has 0 saturated carbocycles. The fourth-order valence-corrected chi connectivity index (χ4v) is 3.91. The molecule has 3 aromatic rings. The molecule has 2 aromatic carbocycles. The molecule has 6 heteroatoms. The largest absolute Gasteiger partial charge is 0.497 e. The Labute approximate surface area is 170 Å². The molecule has 1 amide bonds. The van der Waals surface area contributed by atoms with Crippen LogP contribution in [-0.2, 0) is 6.54 Å². The van der Waals surface area contributed by atoms with Gasteiger partial charge < -0.3 is 14.7 Å². The van der Waals surface area contributed by atoms with Gasteiger partial charge in [-0.25, -0.2) is 0 Å². The number of benzene rings is 2. The summed E-state index contributed by atoms with van der Waals surface area (Å²) in [4.78, 5) is 21.0. The van der Waals surface area contributed by atoms with Gasteiger partial charge in [-0.05, 0) is 55.1 Å². The van der Waals surface area contributed by atoms with Crippen molar-refractivity contribution in [3.63, 3.8) is 0 Å². The number of β-amino-alcohol motifs (C(OH)–C–C–N with tert-alkyl or cyclic N) is 1. The Hall–Kier alpha value is -2.96. The number of amides is 1. The van der Waals surface area contributed by atoms with E-state index in [0.29, 0.717) is 30.9 Å². The Kier molecular flexibility index (Phi) is 5.47. The number of likely N-dealkylation sites (tertiary alicyclic amines) is 1. The second kappa shape index (κ2) is 8.19. The van der Waals surface area contributed by atoms with E-state index in [9.17, 15) is 9.90 Å². The number of aliphatic hydroxyl groups excluding tert-OH is 1. The van der Waals surface area contributed by atoms with E-state index in [1.165, 1.54) is 0 Å². The number of aromatic nitrogens is 1. The average molecular weight is 391 g/mol. The zero-order valence-electron chi connectivity index (χ0n) is 16.7. The van der Waals surface area contributed by atoms with Crippen molar-refractivity contribution in [1.82, 2.24) is 14.8 Å². The number of rotatable bonds is 5. The van der Waals surface area contributed by atoms with E-state index in [-0.39, 0.29) is 11.9 Å². The van der Waals surface area contributed by atoms with E-state index in [1.807, 2.05) is 25.2 Å². The molecular weight excluding hydrogens is 366 g/mol. The number of pyridine rings is 1. The van der Waals surface area contributed by atoms with E-state index in [0.717, 1.165) is 16.5 Å². The number of hydrogen-bond acceptors (Lipinski definition) is 5. The predicted octanol–water partition coefficient (Wildman–Crippen LogP) is 2.56. The number of fused-ring (bicyclic) bond motifs is 1. The molecule has 1 N–H and O–H groups in total. The van der Waals surface area contributed by atoms with Crippen LogP contribution in [0.1, 0.15) is 15.9 Å². The van der Waals surface area contributed by atoms with Gasteiger partial charge >= 0.3 is 0 Å². The molecule has 1 saturated heterocycles. The van der Waals surface area contributed by atoms with Gasteiger partial charge in [0.1, 0.15) is 5.75 Å². The lowest BCUT2D eigenvalue weighted by molar-refractivity contribution is 0.0763. The highest BCUT2D eigenvalue weighted by Crippen LogP contribution is 2.22. The first-order chi connectivity index (χ1) is 14.0. The quantitative estimate of drug-likeness (QED) is 0.724. The van der Waals surface area contributed by atoms with Crippen molar-refractivity contribution in [3.05, 3.63) is 71.9 Å². The molecule has 1 aliphatic heterocycles. The first-order valence-electron chi connectivity index (χ1n) is 9.70. The normalized spacial score (nSPS) is 19.1. The highest BCUT2D eigenvalue weighted by Gasteiger charge is 2.36. The van der Waals surface area contributed by atoms with E-state index in [4.69, 9.17) is 4.74 Å². The van der Waals surface area contributed by atoms with Gasteiger partial charge in [0.2, 0.25) is 0 Å². The Balaban J connectivity index is 1.43. The molecule has 150 valence electrons. The lowest BCUT2D eigenvalue weighted by Gasteiger charge is -2.26. The Bertz CT molecular complexity index is 1010. The molecule has 29 heavy (non-hydrogen) atoms. The number of methoxy groups -OCH3 is 1. The Morgan fingerprint density at radius 1 is 1.21 bits per heavy atom. The van der Waals surface area contributed by atoms with Gasteiger partial charge in [0.25, 0.3) is 5.91 Å². The van der Waals surface area contributed by atoms with Crippen molar-refractivity contribution in [2.75, 3.05) is 27.2 Å². The number of hydrogen-bond donors (Lipinski definition) is 1. The topological polar surface area (TPSA) is 65.9 Å². The lowest BCUT2D eigenvalue weighted by Crippen LogP contribution is -2.40. The number of nitrogens with zero attached hydrogens (tertiary/aromatic N) is 3. The summed E-state index contributed by atoms with van der Waals surface area (Å²) in [6, 6.07) is 17.1. The molecule has 0 bridgehead atoms. The molecule has 2 heterocycles. The van der Waals surface area contributed by atoms with Crippen molar-refractivity contribution in [3.8, 4) is 5.75 Å². The number of aliphatic hydroxyl groups is 1. The van der Waals surface area contributed by atoms with Crippen LogP contribution in [0, 0.1) is 0 Å². The van der Waals surface area contributed by atoms with Crippen LogP contribution in [0.3, 0.4) is 0 Å². The molecule has 0 radical (unpaired) electrons. The fraction of sp³-hybridized carbons (Fsp3) is 0.304. The summed E-state index contributed by atoms with van der Waals surface area (Å²) in [6.45, 7) is 1.52. The van der Waals surface area contributed by atoms with Crippen LogP contribution in [-0.4, -0.2) is 65.2 Å². The second-order valence-corrected chi connectivity index (χ2v) is 7.52. The third-order valence-electron chi connectivity index (χ3n) is 5.55. The first kappa shape index (κ1) is 19.4. The number of carbonyl (C=O) groups is 1. The number of carbonyl (C=O) groups excluding carboxylic acids is 1. The smallest absolute Gasteiger partial charge is 0.254 e. The zero-order valence-corrected chi connectivity index (χ0v) is 16.7. The summed E-state index contributed by atoms with van der Waals surface area (Å²) in [5, 5.41) is 11.7. The summed E-state index contributed by atoms with van der Waals surface area (Å²) in [6.07, 6.45) is 1.21. The summed E-state index contributed by atoms with van der Waals surface area (Å²) < 4.78 is 5.15. The van der Waals surface area contributed by atoms with Crippen LogP contribution in [0.4, 0.5) is 0 Å². The van der Waals surface area contributed by atoms with Gasteiger partial charge in [0.15, 0.2) is 0 Å². The molecule has 4 rings (SSSR count). The minimum Gasteiger partial charge on any atom is -0.497 e. The Morgan fingerprint density at radius 3 is 2.76 bits per heavy atom. The molecule has 0 unspecified atom stereocenters. The van der Waals surface area contributed by atoms with E-state index in [1.54, 1.807) is 42.5 Å². The van der Waals surface area contributed by atoms with Crippen LogP contribution in [0.25, 0.3) is 10.9 Å². The molecule has 1 fully saturated rings. The maximum Gasteiger partial charge on any atom is 0.254 e. The van der Waals surface area contributed by atoms with Crippen LogP contribution in [0.15, 0.2) is 60.8 Å². The SMILES string of the molecule is COc1ccc(C(=O)N2C[C@H](O)[C@@H](N(C)Cc3ccc4ncccc4c3)C2)cc1. The summed E-state index contributed by atoms with van der Waals surface area (Å²) in [5.41, 5.74) is 2.72. The van der Waals surface area contributed by atoms with E-state index in [2.05, 4.69) is 22.0 Å². The highest BCUT2D eigenvalue weighted by atomic mass is 16.5. The van der Waals surface area contributed by atoms with Crippen LogP contribution in [0.2, 0.25) is 0 Å². The number of ether oxygens (including phenoxy) is 1. The standard InChI is InChI=1S/C23H25N3O3/c1-25(13-16-5-10-20-18(12-16)4-3-11-24-20)21-14-26(15-22(21)27)23(28)17-6-8-19(29-2)9-7-17/h3-12,21-22,27H,13-15H2,1-2H3/t21-,22-/m0/s1. The third kappa shape index (κ3) is 4.09.